The van der Waals surface area contributed by atoms with Gasteiger partial charge in [-0.2, -0.15) is 0 Å². The molecule has 1 atom stereocenters. The Kier molecular flexibility index (Phi) is 2.68. The van der Waals surface area contributed by atoms with Crippen LogP contribution in [0.5, 0.6) is 0 Å². The van der Waals surface area contributed by atoms with E-state index in [0.717, 1.165) is 19.3 Å². The molecule has 0 spiro atoms. The van der Waals surface area contributed by atoms with Gasteiger partial charge in [0.2, 0.25) is 0 Å². The monoisotopic (exact) mass is 268 g/mol. The molecule has 4 aliphatic rings. The predicted octanol–water partition coefficient (Wildman–Crippen LogP) is 1.49. The van der Waals surface area contributed by atoms with E-state index in [0.29, 0.717) is 37.0 Å². The van der Waals surface area contributed by atoms with Gasteiger partial charge in [0, 0.05) is 5.41 Å². The van der Waals surface area contributed by atoms with Crippen LogP contribution in [-0.4, -0.2) is 32.9 Å². The molecule has 4 bridgehead atoms. The SMILES string of the molecule is O=C(O)CC(O)(C(=O)O)C12CC3CC(CC(C3)C1)C2. The summed E-state index contributed by atoms with van der Waals surface area (Å²) in [7, 11) is 0. The molecule has 4 saturated carbocycles. The molecule has 4 rings (SSSR count). The third-order valence-corrected chi connectivity index (χ3v) is 5.68. The Morgan fingerprint density at radius 1 is 1.00 bits per heavy atom. The molecule has 1 unspecified atom stereocenters. The lowest BCUT2D eigenvalue weighted by Gasteiger charge is -2.60. The molecule has 0 aromatic heterocycles. The Hall–Kier alpha value is -1.10. The van der Waals surface area contributed by atoms with Crippen molar-refractivity contribution in [1.29, 1.82) is 0 Å². The van der Waals surface area contributed by atoms with Crippen LogP contribution in [0.4, 0.5) is 0 Å². The van der Waals surface area contributed by atoms with Gasteiger partial charge < -0.3 is 15.3 Å². The van der Waals surface area contributed by atoms with Crippen LogP contribution < -0.4 is 0 Å². The first-order chi connectivity index (χ1) is 8.84. The normalized spacial score (nSPS) is 42.9. The summed E-state index contributed by atoms with van der Waals surface area (Å²) in [4.78, 5) is 22.5. The molecule has 0 radical (unpaired) electrons. The zero-order valence-corrected chi connectivity index (χ0v) is 10.8. The van der Waals surface area contributed by atoms with Crippen LogP contribution in [0.15, 0.2) is 0 Å². The van der Waals surface area contributed by atoms with Crippen molar-refractivity contribution in [3.05, 3.63) is 0 Å². The van der Waals surface area contributed by atoms with Crippen LogP contribution in [0, 0.1) is 23.2 Å². The molecule has 4 aliphatic carbocycles. The standard InChI is InChI=1S/C14H20O5/c15-11(16)7-14(19,12(17)18)13-4-8-1-9(5-13)3-10(2-8)6-13/h8-10,19H,1-7H2,(H,15,16)(H,17,18). The number of rotatable bonds is 4. The van der Waals surface area contributed by atoms with E-state index in [9.17, 15) is 19.8 Å². The molecule has 0 saturated heterocycles. The maximum atomic E-state index is 11.6. The number of aliphatic carboxylic acids is 2. The topological polar surface area (TPSA) is 94.8 Å². The average Bonchev–Trinajstić information content (AvgIpc) is 2.25. The summed E-state index contributed by atoms with van der Waals surface area (Å²) in [5.74, 6) is -1.17. The van der Waals surface area contributed by atoms with Crippen LogP contribution in [0.3, 0.4) is 0 Å². The van der Waals surface area contributed by atoms with E-state index in [1.54, 1.807) is 0 Å². The van der Waals surface area contributed by atoms with Gasteiger partial charge in [-0.1, -0.05) is 0 Å². The highest BCUT2D eigenvalue weighted by Gasteiger charge is 2.63. The quantitative estimate of drug-likeness (QED) is 0.718. The molecule has 19 heavy (non-hydrogen) atoms. The van der Waals surface area contributed by atoms with E-state index in [1.807, 2.05) is 0 Å². The van der Waals surface area contributed by atoms with Crippen LogP contribution in [0.2, 0.25) is 0 Å². The van der Waals surface area contributed by atoms with Crippen LogP contribution in [0.1, 0.15) is 44.9 Å². The Labute approximate surface area is 111 Å². The van der Waals surface area contributed by atoms with Gasteiger partial charge in [0.15, 0.2) is 5.60 Å². The molecule has 106 valence electrons. The van der Waals surface area contributed by atoms with E-state index in [4.69, 9.17) is 5.11 Å². The van der Waals surface area contributed by atoms with Gasteiger partial charge >= 0.3 is 11.9 Å². The first kappa shape index (κ1) is 12.9. The van der Waals surface area contributed by atoms with E-state index < -0.39 is 29.4 Å². The van der Waals surface area contributed by atoms with E-state index in [1.165, 1.54) is 0 Å². The van der Waals surface area contributed by atoms with Crippen molar-refractivity contribution in [1.82, 2.24) is 0 Å². The van der Waals surface area contributed by atoms with Gasteiger partial charge in [-0.05, 0) is 56.3 Å². The molecule has 0 aromatic carbocycles. The average molecular weight is 268 g/mol. The first-order valence-corrected chi connectivity index (χ1v) is 7.02. The highest BCUT2D eigenvalue weighted by molar-refractivity contribution is 5.84. The van der Waals surface area contributed by atoms with Crippen LogP contribution in [0.25, 0.3) is 0 Å². The highest BCUT2D eigenvalue weighted by atomic mass is 16.4. The molecule has 0 amide bonds. The third-order valence-electron chi connectivity index (χ3n) is 5.68. The second-order valence-electron chi connectivity index (χ2n) is 6.93. The van der Waals surface area contributed by atoms with Gasteiger partial charge in [-0.3, -0.25) is 4.79 Å². The molecular weight excluding hydrogens is 248 g/mol. The minimum atomic E-state index is -2.10. The fourth-order valence-corrected chi connectivity index (χ4v) is 5.33. The summed E-state index contributed by atoms with van der Waals surface area (Å²) in [6.07, 6.45) is 4.72. The smallest absolute Gasteiger partial charge is 0.336 e. The number of aliphatic hydroxyl groups is 1. The second-order valence-corrected chi connectivity index (χ2v) is 6.93. The summed E-state index contributed by atoms with van der Waals surface area (Å²) >= 11 is 0. The van der Waals surface area contributed by atoms with Gasteiger partial charge in [-0.25, -0.2) is 4.79 Å². The number of carbonyl (C=O) groups is 2. The van der Waals surface area contributed by atoms with Crippen molar-refractivity contribution >= 4 is 11.9 Å². The Balaban J connectivity index is 1.97. The zero-order valence-electron chi connectivity index (χ0n) is 10.8. The van der Waals surface area contributed by atoms with Gasteiger partial charge in [0.1, 0.15) is 0 Å². The maximum Gasteiger partial charge on any atom is 0.336 e. The summed E-state index contributed by atoms with van der Waals surface area (Å²) in [5.41, 5.74) is -2.82. The fourth-order valence-electron chi connectivity index (χ4n) is 5.33. The summed E-state index contributed by atoms with van der Waals surface area (Å²) in [6.45, 7) is 0. The molecule has 4 fully saturated rings. The van der Waals surface area contributed by atoms with Crippen molar-refractivity contribution in [2.75, 3.05) is 0 Å². The number of hydrogen-bond acceptors (Lipinski definition) is 3. The van der Waals surface area contributed by atoms with Gasteiger partial charge in [0.05, 0.1) is 6.42 Å². The molecule has 3 N–H and O–H groups in total. The lowest BCUT2D eigenvalue weighted by atomic mass is 9.45. The third kappa shape index (κ3) is 1.78. The predicted molar refractivity (Wildman–Crippen MR) is 65.4 cm³/mol. The van der Waals surface area contributed by atoms with Crippen molar-refractivity contribution < 1.29 is 24.9 Å². The summed E-state index contributed by atoms with van der Waals surface area (Å²) in [6, 6.07) is 0. The lowest BCUT2D eigenvalue weighted by molar-refractivity contribution is -0.209. The number of hydrogen-bond donors (Lipinski definition) is 3. The molecule has 0 aliphatic heterocycles. The van der Waals surface area contributed by atoms with E-state index >= 15 is 0 Å². The fraction of sp³-hybridized carbons (Fsp3) is 0.857. The molecule has 0 aromatic rings. The van der Waals surface area contributed by atoms with Crippen LogP contribution >= 0.6 is 0 Å². The number of carboxylic acids is 2. The van der Waals surface area contributed by atoms with Gasteiger partial charge in [-0.15, -0.1) is 0 Å². The second kappa shape index (κ2) is 3.95. The largest absolute Gasteiger partial charge is 0.481 e. The Bertz CT molecular complexity index is 394. The lowest BCUT2D eigenvalue weighted by Crippen LogP contribution is -2.62. The minimum Gasteiger partial charge on any atom is -0.481 e. The summed E-state index contributed by atoms with van der Waals surface area (Å²) in [5, 5.41) is 29.0. The first-order valence-electron chi connectivity index (χ1n) is 7.02. The van der Waals surface area contributed by atoms with Crippen LogP contribution in [-0.2, 0) is 9.59 Å². The van der Waals surface area contributed by atoms with Crippen molar-refractivity contribution in [3.63, 3.8) is 0 Å². The van der Waals surface area contributed by atoms with E-state index in [2.05, 4.69) is 0 Å². The van der Waals surface area contributed by atoms with Gasteiger partial charge in [0.25, 0.3) is 0 Å². The molecule has 5 heteroatoms. The van der Waals surface area contributed by atoms with Crippen molar-refractivity contribution in [2.45, 2.75) is 50.5 Å². The Morgan fingerprint density at radius 2 is 1.42 bits per heavy atom. The Morgan fingerprint density at radius 3 is 1.74 bits per heavy atom. The minimum absolute atomic E-state index is 0.478. The highest BCUT2D eigenvalue weighted by Crippen LogP contribution is 2.64. The molecule has 0 heterocycles. The number of carboxylic acid groups (broad SMARTS) is 2. The maximum absolute atomic E-state index is 11.6. The zero-order chi connectivity index (χ0) is 13.8. The van der Waals surface area contributed by atoms with Crippen molar-refractivity contribution in [3.8, 4) is 0 Å². The molecular formula is C14H20O5. The van der Waals surface area contributed by atoms with E-state index in [-0.39, 0.29) is 0 Å². The summed E-state index contributed by atoms with van der Waals surface area (Å²) < 4.78 is 0. The molecule has 5 nitrogen and oxygen atoms in total. The van der Waals surface area contributed by atoms with Crippen molar-refractivity contribution in [2.24, 2.45) is 23.2 Å².